The molecule has 0 saturated carbocycles. The fraction of sp³-hybridized carbons (Fsp3) is 0.857. The number of nitrogens with one attached hydrogen (secondary N) is 1. The molecule has 0 aliphatic heterocycles. The zero-order valence-corrected chi connectivity index (χ0v) is 11.5. The Bertz CT molecular complexity index is 224. The average Bonchev–Trinajstić information content (AvgIpc) is 2.29. The van der Waals surface area contributed by atoms with E-state index in [2.05, 4.69) is 18.3 Å². The SMILES string of the molecule is CCNC(C1=CCCCCCC1)C(OC)OC. The van der Waals surface area contributed by atoms with Crippen LogP contribution in [-0.4, -0.2) is 33.1 Å². The molecular weight excluding hydrogens is 214 g/mol. The minimum absolute atomic E-state index is 0.180. The van der Waals surface area contributed by atoms with Gasteiger partial charge in [-0.15, -0.1) is 0 Å². The maximum atomic E-state index is 5.41. The Hall–Kier alpha value is -0.380. The van der Waals surface area contributed by atoms with Crippen LogP contribution in [0.2, 0.25) is 0 Å². The minimum atomic E-state index is -0.180. The Balaban J connectivity index is 2.71. The number of likely N-dealkylation sites (N-methyl/N-ethyl adjacent to an activating group) is 1. The van der Waals surface area contributed by atoms with E-state index in [0.29, 0.717) is 0 Å². The second-order valence-electron chi connectivity index (χ2n) is 4.61. The summed E-state index contributed by atoms with van der Waals surface area (Å²) < 4.78 is 10.8. The molecule has 0 fully saturated rings. The van der Waals surface area contributed by atoms with Gasteiger partial charge in [0.2, 0.25) is 0 Å². The van der Waals surface area contributed by atoms with Crippen molar-refractivity contribution in [2.24, 2.45) is 0 Å². The molecule has 0 aromatic heterocycles. The summed E-state index contributed by atoms with van der Waals surface area (Å²) in [5, 5.41) is 3.48. The molecule has 0 amide bonds. The first-order valence-electron chi connectivity index (χ1n) is 6.81. The molecule has 0 spiro atoms. The number of hydrogen-bond donors (Lipinski definition) is 1. The first-order chi connectivity index (χ1) is 8.33. The standard InChI is InChI=1S/C14H27NO2/c1-4-15-13(14(16-2)17-3)12-10-8-6-5-7-9-11-12/h10,13-15H,4-9,11H2,1-3H3. The van der Waals surface area contributed by atoms with Crippen molar-refractivity contribution in [1.82, 2.24) is 5.32 Å². The maximum Gasteiger partial charge on any atom is 0.175 e. The van der Waals surface area contributed by atoms with Crippen molar-refractivity contribution in [3.63, 3.8) is 0 Å². The van der Waals surface area contributed by atoms with Crippen LogP contribution in [-0.2, 0) is 9.47 Å². The van der Waals surface area contributed by atoms with Crippen LogP contribution in [0.1, 0.15) is 45.4 Å². The van der Waals surface area contributed by atoms with Crippen LogP contribution in [0.5, 0.6) is 0 Å². The lowest BCUT2D eigenvalue weighted by Crippen LogP contribution is -2.43. The Labute approximate surface area is 106 Å². The fourth-order valence-electron chi connectivity index (χ4n) is 2.49. The van der Waals surface area contributed by atoms with Gasteiger partial charge in [0, 0.05) is 14.2 Å². The molecule has 3 nitrogen and oxygen atoms in total. The highest BCUT2D eigenvalue weighted by atomic mass is 16.7. The lowest BCUT2D eigenvalue weighted by Gasteiger charge is -2.28. The van der Waals surface area contributed by atoms with Crippen LogP contribution in [0.25, 0.3) is 0 Å². The van der Waals surface area contributed by atoms with E-state index in [1.807, 2.05) is 0 Å². The zero-order valence-electron chi connectivity index (χ0n) is 11.5. The summed E-state index contributed by atoms with van der Waals surface area (Å²) in [5.41, 5.74) is 1.46. The summed E-state index contributed by atoms with van der Waals surface area (Å²) in [6.07, 6.45) is 9.88. The average molecular weight is 241 g/mol. The molecule has 0 aromatic rings. The molecule has 3 heteroatoms. The molecule has 0 aromatic carbocycles. The molecule has 1 aliphatic rings. The third kappa shape index (κ3) is 4.78. The van der Waals surface area contributed by atoms with Crippen LogP contribution < -0.4 is 5.32 Å². The van der Waals surface area contributed by atoms with E-state index >= 15 is 0 Å². The Morgan fingerprint density at radius 3 is 2.53 bits per heavy atom. The van der Waals surface area contributed by atoms with Gasteiger partial charge in [-0.25, -0.2) is 0 Å². The number of methoxy groups -OCH3 is 2. The first-order valence-corrected chi connectivity index (χ1v) is 6.81. The summed E-state index contributed by atoms with van der Waals surface area (Å²) >= 11 is 0. The Morgan fingerprint density at radius 2 is 1.88 bits per heavy atom. The molecule has 0 radical (unpaired) electrons. The minimum Gasteiger partial charge on any atom is -0.354 e. The van der Waals surface area contributed by atoms with Crippen LogP contribution in [0, 0.1) is 0 Å². The van der Waals surface area contributed by atoms with Crippen molar-refractivity contribution in [3.8, 4) is 0 Å². The summed E-state index contributed by atoms with van der Waals surface area (Å²) in [4.78, 5) is 0. The molecule has 0 saturated heterocycles. The number of allylic oxidation sites excluding steroid dienone is 1. The molecule has 0 bridgehead atoms. The van der Waals surface area contributed by atoms with Crippen molar-refractivity contribution in [2.75, 3.05) is 20.8 Å². The third-order valence-corrected chi connectivity index (χ3v) is 3.39. The van der Waals surface area contributed by atoms with Gasteiger partial charge in [-0.1, -0.05) is 31.4 Å². The molecule has 17 heavy (non-hydrogen) atoms. The van der Waals surface area contributed by atoms with Crippen molar-refractivity contribution >= 4 is 0 Å². The smallest absolute Gasteiger partial charge is 0.175 e. The molecule has 1 atom stereocenters. The van der Waals surface area contributed by atoms with Gasteiger partial charge in [-0.3, -0.25) is 0 Å². The van der Waals surface area contributed by atoms with E-state index in [1.54, 1.807) is 14.2 Å². The van der Waals surface area contributed by atoms with Crippen LogP contribution in [0.15, 0.2) is 11.6 Å². The maximum absolute atomic E-state index is 5.41. The molecule has 1 N–H and O–H groups in total. The van der Waals surface area contributed by atoms with Crippen molar-refractivity contribution < 1.29 is 9.47 Å². The second-order valence-corrected chi connectivity index (χ2v) is 4.61. The molecule has 1 aliphatic carbocycles. The van der Waals surface area contributed by atoms with Gasteiger partial charge in [-0.05, 0) is 32.2 Å². The topological polar surface area (TPSA) is 30.5 Å². The monoisotopic (exact) mass is 241 g/mol. The number of hydrogen-bond acceptors (Lipinski definition) is 3. The summed E-state index contributed by atoms with van der Waals surface area (Å²) in [6.45, 7) is 3.06. The lowest BCUT2D eigenvalue weighted by molar-refractivity contribution is -0.116. The zero-order chi connectivity index (χ0) is 12.5. The molecule has 1 rings (SSSR count). The van der Waals surface area contributed by atoms with Gasteiger partial charge in [-0.2, -0.15) is 0 Å². The van der Waals surface area contributed by atoms with Crippen molar-refractivity contribution in [2.45, 2.75) is 57.8 Å². The summed E-state index contributed by atoms with van der Waals surface area (Å²) in [6, 6.07) is 0.202. The van der Waals surface area contributed by atoms with E-state index in [-0.39, 0.29) is 12.3 Å². The highest BCUT2D eigenvalue weighted by Crippen LogP contribution is 2.22. The van der Waals surface area contributed by atoms with E-state index in [1.165, 1.54) is 44.1 Å². The van der Waals surface area contributed by atoms with Crippen LogP contribution in [0.3, 0.4) is 0 Å². The Morgan fingerprint density at radius 1 is 1.18 bits per heavy atom. The van der Waals surface area contributed by atoms with Gasteiger partial charge in [0.25, 0.3) is 0 Å². The van der Waals surface area contributed by atoms with E-state index in [0.717, 1.165) is 6.54 Å². The predicted molar refractivity (Wildman–Crippen MR) is 71.1 cm³/mol. The molecule has 100 valence electrons. The van der Waals surface area contributed by atoms with Crippen LogP contribution in [0.4, 0.5) is 0 Å². The van der Waals surface area contributed by atoms with Gasteiger partial charge in [0.15, 0.2) is 6.29 Å². The Kier molecular flexibility index (Phi) is 7.49. The first kappa shape index (κ1) is 14.7. The molecule has 1 unspecified atom stereocenters. The van der Waals surface area contributed by atoms with Crippen LogP contribution >= 0.6 is 0 Å². The second kappa shape index (κ2) is 8.67. The highest BCUT2D eigenvalue weighted by molar-refractivity contribution is 5.13. The normalized spacial score (nSPS) is 19.6. The summed E-state index contributed by atoms with van der Waals surface area (Å²) in [7, 11) is 3.42. The number of ether oxygens (including phenoxy) is 2. The summed E-state index contributed by atoms with van der Waals surface area (Å²) in [5.74, 6) is 0. The van der Waals surface area contributed by atoms with E-state index in [9.17, 15) is 0 Å². The fourth-order valence-corrected chi connectivity index (χ4v) is 2.49. The predicted octanol–water partition coefficient (Wildman–Crippen LogP) is 2.86. The molecule has 0 heterocycles. The highest BCUT2D eigenvalue weighted by Gasteiger charge is 2.23. The van der Waals surface area contributed by atoms with E-state index < -0.39 is 0 Å². The number of rotatable bonds is 6. The van der Waals surface area contributed by atoms with E-state index in [4.69, 9.17) is 9.47 Å². The van der Waals surface area contributed by atoms with Gasteiger partial charge >= 0.3 is 0 Å². The van der Waals surface area contributed by atoms with Gasteiger partial charge < -0.3 is 14.8 Å². The largest absolute Gasteiger partial charge is 0.354 e. The third-order valence-electron chi connectivity index (χ3n) is 3.39. The van der Waals surface area contributed by atoms with Crippen molar-refractivity contribution in [3.05, 3.63) is 11.6 Å². The van der Waals surface area contributed by atoms with Crippen molar-refractivity contribution in [1.29, 1.82) is 0 Å². The lowest BCUT2D eigenvalue weighted by atomic mass is 9.94. The van der Waals surface area contributed by atoms with Gasteiger partial charge in [0.05, 0.1) is 6.04 Å². The van der Waals surface area contributed by atoms with Gasteiger partial charge in [0.1, 0.15) is 0 Å². The molecular formula is C14H27NO2. The quantitative estimate of drug-likeness (QED) is 0.573.